The van der Waals surface area contributed by atoms with Crippen LogP contribution < -0.4 is 4.94 Å². The highest BCUT2D eigenvalue weighted by Crippen LogP contribution is 2.18. The summed E-state index contributed by atoms with van der Waals surface area (Å²) >= 11 is 0. The van der Waals surface area contributed by atoms with E-state index in [-0.39, 0.29) is 11.8 Å². The highest BCUT2D eigenvalue weighted by Gasteiger charge is 2.05. The first-order chi connectivity index (χ1) is 4.75. The normalized spacial score (nSPS) is 9.20. The Morgan fingerprint density at radius 2 is 1.90 bits per heavy atom. The minimum Gasteiger partial charge on any atom is -0.492 e. The zero-order valence-corrected chi connectivity index (χ0v) is 4.85. The zero-order valence-electron chi connectivity index (χ0n) is 4.85. The van der Waals surface area contributed by atoms with Crippen molar-refractivity contribution < 1.29 is 15.2 Å². The molecule has 0 amide bonds. The summed E-state index contributed by atoms with van der Waals surface area (Å²) in [5, 5.41) is 20.1. The molecule has 54 valence electrons. The monoisotopic (exact) mass is 143 g/mol. The summed E-state index contributed by atoms with van der Waals surface area (Å²) in [7, 11) is 0. The molecule has 0 aromatic carbocycles. The topological polar surface area (TPSA) is 90.8 Å². The minimum absolute atomic E-state index is 0.312. The third-order valence-corrected chi connectivity index (χ3v) is 0.920. The lowest BCUT2D eigenvalue weighted by Crippen LogP contribution is -2.01. The molecular formula is C4H5N3O3. The van der Waals surface area contributed by atoms with Gasteiger partial charge in [0.25, 0.3) is 0 Å². The van der Waals surface area contributed by atoms with Crippen LogP contribution in [0.15, 0.2) is 17.4 Å². The Kier molecular flexibility index (Phi) is 1.44. The van der Waals surface area contributed by atoms with Crippen molar-refractivity contribution in [2.75, 3.05) is 0 Å². The Hall–Kier alpha value is -1.72. The van der Waals surface area contributed by atoms with Crippen molar-refractivity contribution >= 4 is 0 Å². The third kappa shape index (κ3) is 0.859. The van der Waals surface area contributed by atoms with Crippen molar-refractivity contribution in [3.8, 4) is 11.8 Å². The fraction of sp³-hybridized carbons (Fsp3) is 0. The fourth-order valence-corrected chi connectivity index (χ4v) is 0.526. The molecule has 0 saturated carbocycles. The summed E-state index contributed by atoms with van der Waals surface area (Å²) in [6.45, 7) is 0. The number of aromatic hydroxyl groups is 2. The van der Waals surface area contributed by atoms with E-state index in [0.717, 1.165) is 0 Å². The van der Waals surface area contributed by atoms with Crippen LogP contribution in [0.1, 0.15) is 0 Å². The summed E-state index contributed by atoms with van der Waals surface area (Å²) < 4.78 is 0.604. The maximum atomic E-state index is 8.80. The summed E-state index contributed by atoms with van der Waals surface area (Å²) in [4.78, 5) is 4.12. The Bertz CT molecular complexity index is 224. The molecule has 1 rings (SSSR count). The molecule has 6 heteroatoms. The van der Waals surface area contributed by atoms with Crippen LogP contribution in [0.2, 0.25) is 0 Å². The number of hydrogen-bond donors (Lipinski definition) is 3. The van der Waals surface area contributed by atoms with Gasteiger partial charge in [-0.15, -0.1) is 0 Å². The number of rotatable bonds is 2. The summed E-state index contributed by atoms with van der Waals surface area (Å²) in [5.41, 5.74) is 6.23. The highest BCUT2D eigenvalue weighted by atomic mass is 16.8. The predicted molar refractivity (Wildman–Crippen MR) is 29.5 cm³/mol. The number of aromatic nitrogens is 1. The van der Waals surface area contributed by atoms with Crippen LogP contribution in [-0.2, 0) is 0 Å². The molecule has 0 aliphatic carbocycles. The molecule has 3 N–H and O–H groups in total. The van der Waals surface area contributed by atoms with Crippen LogP contribution in [0.5, 0.6) is 11.8 Å². The molecule has 1 aromatic heterocycles. The van der Waals surface area contributed by atoms with E-state index in [1.807, 2.05) is 0 Å². The molecule has 1 heterocycles. The Balaban J connectivity index is 2.97. The molecule has 1 aromatic rings. The van der Waals surface area contributed by atoms with Crippen molar-refractivity contribution in [1.82, 2.24) is 4.73 Å². The minimum atomic E-state index is -0.312. The van der Waals surface area contributed by atoms with E-state index in [1.54, 1.807) is 0 Å². The molecule has 10 heavy (non-hydrogen) atoms. The van der Waals surface area contributed by atoms with Crippen molar-refractivity contribution in [3.05, 3.63) is 12.1 Å². The van der Waals surface area contributed by atoms with Gasteiger partial charge in [0.05, 0.1) is 0 Å². The second-order valence-electron chi connectivity index (χ2n) is 1.52. The summed E-state index contributed by atoms with van der Waals surface area (Å²) in [6.07, 6.45) is 0. The van der Waals surface area contributed by atoms with E-state index in [2.05, 4.69) is 10.2 Å². The smallest absolute Gasteiger partial charge is 0.232 e. The third-order valence-electron chi connectivity index (χ3n) is 0.920. The van der Waals surface area contributed by atoms with Gasteiger partial charge in [-0.3, -0.25) is 0 Å². The predicted octanol–water partition coefficient (Wildman–Crippen LogP) is 0.274. The average molecular weight is 143 g/mol. The van der Waals surface area contributed by atoms with Crippen molar-refractivity contribution in [2.45, 2.75) is 0 Å². The van der Waals surface area contributed by atoms with E-state index >= 15 is 0 Å². The van der Waals surface area contributed by atoms with E-state index < -0.39 is 0 Å². The van der Waals surface area contributed by atoms with Gasteiger partial charge in [-0.25, -0.2) is 4.94 Å². The molecule has 0 spiro atoms. The van der Waals surface area contributed by atoms with Crippen LogP contribution >= 0.6 is 0 Å². The molecule has 6 nitrogen and oxygen atoms in total. The van der Waals surface area contributed by atoms with E-state index in [1.165, 1.54) is 12.1 Å². The van der Waals surface area contributed by atoms with Gasteiger partial charge >= 0.3 is 0 Å². The van der Waals surface area contributed by atoms with E-state index in [9.17, 15) is 0 Å². The number of nitrogens with one attached hydrogen (secondary N) is 1. The molecule has 0 bridgehead atoms. The van der Waals surface area contributed by atoms with Crippen LogP contribution in [-0.4, -0.2) is 14.9 Å². The van der Waals surface area contributed by atoms with Crippen LogP contribution in [0.3, 0.4) is 0 Å². The second kappa shape index (κ2) is 2.26. The highest BCUT2D eigenvalue weighted by molar-refractivity contribution is 5.21. The lowest BCUT2D eigenvalue weighted by molar-refractivity contribution is 0.0616. The van der Waals surface area contributed by atoms with Gasteiger partial charge in [0.1, 0.15) is 0 Å². The van der Waals surface area contributed by atoms with Crippen molar-refractivity contribution in [3.63, 3.8) is 0 Å². The average Bonchev–Trinajstić information content (AvgIpc) is 2.20. The molecule has 0 radical (unpaired) electrons. The lowest BCUT2D eigenvalue weighted by Gasteiger charge is -1.97. The second-order valence-corrected chi connectivity index (χ2v) is 1.52. The molecule has 0 unspecified atom stereocenters. The molecule has 0 saturated heterocycles. The van der Waals surface area contributed by atoms with E-state index in [4.69, 9.17) is 15.7 Å². The fourth-order valence-electron chi connectivity index (χ4n) is 0.526. The van der Waals surface area contributed by atoms with Crippen molar-refractivity contribution in [1.29, 1.82) is 5.53 Å². The Labute approximate surface area is 55.7 Å². The van der Waals surface area contributed by atoms with Gasteiger partial charge in [-0.2, -0.15) is 5.53 Å². The lowest BCUT2D eigenvalue weighted by atomic mass is 10.6. The zero-order chi connectivity index (χ0) is 7.56. The van der Waals surface area contributed by atoms with Gasteiger partial charge in [0.15, 0.2) is 0 Å². The maximum absolute atomic E-state index is 8.80. The van der Waals surface area contributed by atoms with Crippen LogP contribution in [0.4, 0.5) is 0 Å². The van der Waals surface area contributed by atoms with Crippen LogP contribution in [0, 0.1) is 5.53 Å². The summed E-state index contributed by atoms with van der Waals surface area (Å²) in [5.74, 6) is -0.623. The van der Waals surface area contributed by atoms with Crippen LogP contribution in [0.25, 0.3) is 0 Å². The first-order valence-corrected chi connectivity index (χ1v) is 2.39. The van der Waals surface area contributed by atoms with Gasteiger partial charge in [-0.05, 0) is 0 Å². The quantitative estimate of drug-likeness (QED) is 0.410. The molecule has 0 atom stereocenters. The first kappa shape index (κ1) is 6.40. The maximum Gasteiger partial charge on any atom is 0.232 e. The Morgan fingerprint density at radius 1 is 1.40 bits per heavy atom. The molecule has 0 aliphatic heterocycles. The van der Waals surface area contributed by atoms with E-state index in [0.29, 0.717) is 4.73 Å². The number of nitrogens with zero attached hydrogens (tertiary/aromatic N) is 2. The first-order valence-electron chi connectivity index (χ1n) is 2.39. The SMILES string of the molecule is N=NOn1c(O)ccc1O. The van der Waals surface area contributed by atoms with Gasteiger partial charge in [-0.1, -0.05) is 4.73 Å². The molecular weight excluding hydrogens is 138 g/mol. The summed E-state index contributed by atoms with van der Waals surface area (Å²) in [6, 6.07) is 2.42. The van der Waals surface area contributed by atoms with Gasteiger partial charge in [0.2, 0.25) is 11.8 Å². The van der Waals surface area contributed by atoms with Gasteiger partial charge in [0, 0.05) is 17.4 Å². The standard InChI is InChI=1S/C4H5N3O3/c5-6-10-7-3(8)1-2-4(7)9/h1-2,5,8-9H. The largest absolute Gasteiger partial charge is 0.492 e. The van der Waals surface area contributed by atoms with Gasteiger partial charge < -0.3 is 10.2 Å². The Morgan fingerprint density at radius 3 is 2.30 bits per heavy atom. The van der Waals surface area contributed by atoms with Crippen molar-refractivity contribution in [2.24, 2.45) is 5.28 Å². The number of hydrogen-bond acceptors (Lipinski definition) is 5. The molecule has 0 fully saturated rings. The molecule has 0 aliphatic rings.